The Morgan fingerprint density at radius 1 is 0.978 bits per heavy atom. The first-order valence-electron chi connectivity index (χ1n) is 14.8. The smallest absolute Gasteiger partial charge is 0.266 e. The van der Waals surface area contributed by atoms with Gasteiger partial charge in [0.05, 0.1) is 13.7 Å². The highest BCUT2D eigenvalue weighted by Crippen LogP contribution is 2.43. The van der Waals surface area contributed by atoms with E-state index in [1.165, 1.54) is 12.1 Å². The van der Waals surface area contributed by atoms with Gasteiger partial charge in [-0.2, -0.15) is 0 Å². The van der Waals surface area contributed by atoms with Gasteiger partial charge in [0.2, 0.25) is 5.90 Å². The average Bonchev–Trinajstić information content (AvgIpc) is 3.44. The molecule has 0 saturated heterocycles. The number of rotatable bonds is 14. The zero-order valence-electron chi connectivity index (χ0n) is 25.1. The summed E-state index contributed by atoms with van der Waals surface area (Å²) < 4.78 is 46.0. The van der Waals surface area contributed by atoms with E-state index in [1.807, 2.05) is 48.5 Å². The van der Waals surface area contributed by atoms with Crippen molar-refractivity contribution in [2.75, 3.05) is 26.9 Å². The standard InChI is InChI=1S/C35H34BrF2N3O5/c1-44-31-5-2-4-26(20-31)32-35(22-23-6-10-27(36)11-7-23,34(43)41-39-15-14-24-18-28(37)21-29(38)19-24)40-33(46-32)25-8-12-30(13-9-25)45-17-3-16-42/h2,4-13,18-21,32,39,42H,3,14-17,22H2,1H3,(H,41,43)/t32-,35-/m0/s1. The van der Waals surface area contributed by atoms with E-state index in [0.29, 0.717) is 41.2 Å². The quantitative estimate of drug-likeness (QED) is 0.113. The van der Waals surface area contributed by atoms with Crippen LogP contribution in [0.1, 0.15) is 34.8 Å². The number of carbonyl (C=O) groups excluding carboxylic acids is 1. The number of carbonyl (C=O) groups is 1. The highest BCUT2D eigenvalue weighted by atomic mass is 79.9. The van der Waals surface area contributed by atoms with Gasteiger partial charge in [0.1, 0.15) is 23.1 Å². The molecule has 1 heterocycles. The minimum absolute atomic E-state index is 0.0368. The fraction of sp³-hybridized carbons (Fsp3) is 0.257. The second-order valence-electron chi connectivity index (χ2n) is 10.8. The summed E-state index contributed by atoms with van der Waals surface area (Å²) in [5.41, 5.74) is 6.87. The lowest BCUT2D eigenvalue weighted by Gasteiger charge is -2.31. The summed E-state index contributed by atoms with van der Waals surface area (Å²) in [6.07, 6.45) is 0.129. The fourth-order valence-electron chi connectivity index (χ4n) is 5.21. The molecule has 0 bridgehead atoms. The predicted molar refractivity (Wildman–Crippen MR) is 174 cm³/mol. The van der Waals surface area contributed by atoms with Gasteiger partial charge >= 0.3 is 0 Å². The number of hydrogen-bond donors (Lipinski definition) is 3. The van der Waals surface area contributed by atoms with Gasteiger partial charge in [-0.1, -0.05) is 40.2 Å². The monoisotopic (exact) mass is 693 g/mol. The number of hydrazine groups is 1. The molecule has 0 aliphatic carbocycles. The molecule has 1 aliphatic heterocycles. The van der Waals surface area contributed by atoms with Crippen LogP contribution in [-0.2, 0) is 22.4 Å². The lowest BCUT2D eigenvalue weighted by molar-refractivity contribution is -0.130. The number of nitrogens with one attached hydrogen (secondary N) is 2. The maximum Gasteiger partial charge on any atom is 0.266 e. The molecule has 2 atom stereocenters. The van der Waals surface area contributed by atoms with E-state index in [9.17, 15) is 13.6 Å². The Bertz CT molecular complexity index is 1650. The number of methoxy groups -OCH3 is 1. The minimum Gasteiger partial charge on any atom is -0.497 e. The van der Waals surface area contributed by atoms with Gasteiger partial charge in [-0.15, -0.1) is 0 Å². The molecule has 240 valence electrons. The van der Waals surface area contributed by atoms with Gasteiger partial charge in [0, 0.05) is 42.1 Å². The third-order valence-electron chi connectivity index (χ3n) is 7.48. The Kier molecular flexibility index (Phi) is 11.0. The van der Waals surface area contributed by atoms with Crippen molar-refractivity contribution in [1.29, 1.82) is 0 Å². The average molecular weight is 695 g/mol. The first kappa shape index (κ1) is 33.1. The summed E-state index contributed by atoms with van der Waals surface area (Å²) in [7, 11) is 1.57. The number of ether oxygens (including phenoxy) is 3. The van der Waals surface area contributed by atoms with Crippen LogP contribution in [0.3, 0.4) is 0 Å². The number of aliphatic imine (C=N–C) groups is 1. The number of aliphatic hydroxyl groups excluding tert-OH is 1. The molecule has 5 rings (SSSR count). The van der Waals surface area contributed by atoms with Crippen molar-refractivity contribution >= 4 is 27.7 Å². The number of nitrogens with zero attached hydrogens (tertiary/aromatic N) is 1. The molecule has 0 spiro atoms. The first-order valence-corrected chi connectivity index (χ1v) is 15.6. The van der Waals surface area contributed by atoms with Gasteiger partial charge in [0.25, 0.3) is 5.91 Å². The Morgan fingerprint density at radius 3 is 2.41 bits per heavy atom. The highest BCUT2D eigenvalue weighted by molar-refractivity contribution is 9.10. The molecule has 8 nitrogen and oxygen atoms in total. The van der Waals surface area contributed by atoms with Crippen LogP contribution in [0, 0.1) is 11.6 Å². The van der Waals surface area contributed by atoms with E-state index in [-0.39, 0.29) is 31.9 Å². The van der Waals surface area contributed by atoms with Crippen LogP contribution in [0.4, 0.5) is 8.78 Å². The van der Waals surface area contributed by atoms with E-state index in [0.717, 1.165) is 16.1 Å². The molecule has 11 heteroatoms. The van der Waals surface area contributed by atoms with Gasteiger partial charge in [-0.25, -0.2) is 19.2 Å². The fourth-order valence-corrected chi connectivity index (χ4v) is 5.48. The Morgan fingerprint density at radius 2 is 1.72 bits per heavy atom. The highest BCUT2D eigenvalue weighted by Gasteiger charge is 2.53. The molecule has 0 fully saturated rings. The molecule has 1 aliphatic rings. The van der Waals surface area contributed by atoms with E-state index in [4.69, 9.17) is 24.3 Å². The first-order chi connectivity index (χ1) is 22.3. The lowest BCUT2D eigenvalue weighted by atomic mass is 9.82. The zero-order valence-corrected chi connectivity index (χ0v) is 26.7. The summed E-state index contributed by atoms with van der Waals surface area (Å²) in [6, 6.07) is 25.4. The number of benzene rings is 4. The van der Waals surface area contributed by atoms with Crippen LogP contribution in [0.15, 0.2) is 100 Å². The Hall–Kier alpha value is -4.32. The summed E-state index contributed by atoms with van der Waals surface area (Å²) in [6.45, 7) is 0.625. The van der Waals surface area contributed by atoms with Crippen LogP contribution < -0.4 is 20.3 Å². The number of hydrogen-bond acceptors (Lipinski definition) is 7. The van der Waals surface area contributed by atoms with Gasteiger partial charge in [0.15, 0.2) is 11.6 Å². The van der Waals surface area contributed by atoms with Crippen molar-refractivity contribution in [2.45, 2.75) is 30.9 Å². The summed E-state index contributed by atoms with van der Waals surface area (Å²) in [5.74, 6) is -0.282. The molecule has 0 unspecified atom stereocenters. The molecule has 4 aromatic carbocycles. The molecule has 3 N–H and O–H groups in total. The molecule has 0 radical (unpaired) electrons. The molecular weight excluding hydrogens is 660 g/mol. The van der Waals surface area contributed by atoms with Crippen LogP contribution in [0.5, 0.6) is 11.5 Å². The van der Waals surface area contributed by atoms with E-state index in [2.05, 4.69) is 26.8 Å². The van der Waals surface area contributed by atoms with Crippen LogP contribution in [0.2, 0.25) is 0 Å². The molecule has 0 saturated carbocycles. The van der Waals surface area contributed by atoms with Crippen molar-refractivity contribution < 1.29 is 32.9 Å². The molecule has 1 amide bonds. The maximum absolute atomic E-state index is 14.3. The number of amides is 1. The largest absolute Gasteiger partial charge is 0.497 e. The number of halogens is 3. The second-order valence-corrected chi connectivity index (χ2v) is 11.7. The summed E-state index contributed by atoms with van der Waals surface area (Å²) in [5, 5.41) is 9.05. The van der Waals surface area contributed by atoms with Crippen molar-refractivity contribution in [2.24, 2.45) is 4.99 Å². The van der Waals surface area contributed by atoms with Gasteiger partial charge < -0.3 is 19.3 Å². The van der Waals surface area contributed by atoms with Crippen molar-refractivity contribution in [3.05, 3.63) is 129 Å². The topological polar surface area (TPSA) is 101 Å². The van der Waals surface area contributed by atoms with E-state index >= 15 is 0 Å². The summed E-state index contributed by atoms with van der Waals surface area (Å²) >= 11 is 3.48. The molecular formula is C35H34BrF2N3O5. The second kappa shape index (κ2) is 15.3. The Balaban J connectivity index is 1.48. The normalized spacial score (nSPS) is 17.2. The van der Waals surface area contributed by atoms with Crippen LogP contribution in [-0.4, -0.2) is 49.3 Å². The van der Waals surface area contributed by atoms with Crippen LogP contribution >= 0.6 is 15.9 Å². The van der Waals surface area contributed by atoms with E-state index in [1.54, 1.807) is 31.4 Å². The molecule has 4 aromatic rings. The molecule has 46 heavy (non-hydrogen) atoms. The maximum atomic E-state index is 14.3. The SMILES string of the molecule is COc1cccc([C@@H]2OC(c3ccc(OCCCO)cc3)=N[C@]2(Cc2ccc(Br)cc2)C(=O)NNCCc2cc(F)cc(F)c2)c1. The third kappa shape index (κ3) is 8.09. The van der Waals surface area contributed by atoms with Crippen molar-refractivity contribution in [3.8, 4) is 11.5 Å². The van der Waals surface area contributed by atoms with Gasteiger partial charge in [-0.3, -0.25) is 10.2 Å². The van der Waals surface area contributed by atoms with Crippen molar-refractivity contribution in [1.82, 2.24) is 10.9 Å². The third-order valence-corrected chi connectivity index (χ3v) is 8.00. The van der Waals surface area contributed by atoms with Crippen molar-refractivity contribution in [3.63, 3.8) is 0 Å². The van der Waals surface area contributed by atoms with Crippen LogP contribution in [0.25, 0.3) is 0 Å². The number of aliphatic hydroxyl groups is 1. The Labute approximate surface area is 274 Å². The van der Waals surface area contributed by atoms with E-state index < -0.39 is 29.2 Å². The van der Waals surface area contributed by atoms with Gasteiger partial charge in [-0.05, 0) is 83.8 Å². The lowest BCUT2D eigenvalue weighted by Crippen LogP contribution is -2.54. The summed E-state index contributed by atoms with van der Waals surface area (Å²) in [4.78, 5) is 19.3. The predicted octanol–water partition coefficient (Wildman–Crippen LogP) is 5.86. The minimum atomic E-state index is -1.47. The zero-order chi connectivity index (χ0) is 32.5. The molecule has 0 aromatic heterocycles.